The largest absolute Gasteiger partial charge is 0.490 e. The van der Waals surface area contributed by atoms with Gasteiger partial charge < -0.3 is 19.9 Å². The molecule has 7 heteroatoms. The van der Waals surface area contributed by atoms with Crippen LogP contribution < -0.4 is 10.1 Å². The van der Waals surface area contributed by atoms with Crippen LogP contribution in [0.2, 0.25) is 0 Å². The van der Waals surface area contributed by atoms with Crippen molar-refractivity contribution >= 4 is 11.9 Å². The maximum atomic E-state index is 14.2. The van der Waals surface area contributed by atoms with Crippen molar-refractivity contribution < 1.29 is 18.7 Å². The number of nitrogens with one attached hydrogen (secondary N) is 1. The van der Waals surface area contributed by atoms with Gasteiger partial charge in [-0.15, -0.1) is 0 Å². The van der Waals surface area contributed by atoms with E-state index in [1.54, 1.807) is 31.0 Å². The topological polar surface area (TPSA) is 61.9 Å². The molecule has 0 spiro atoms. The number of hydrogen-bond donors (Lipinski definition) is 1. The molecule has 1 aromatic rings. The number of halogens is 1. The van der Waals surface area contributed by atoms with Crippen LogP contribution in [0.3, 0.4) is 0 Å². The Labute approximate surface area is 146 Å². The number of ether oxygens (including phenoxy) is 1. The summed E-state index contributed by atoms with van der Waals surface area (Å²) in [6.07, 6.45) is 2.30. The molecule has 1 aliphatic carbocycles. The van der Waals surface area contributed by atoms with Crippen molar-refractivity contribution in [2.45, 2.75) is 25.8 Å². The molecule has 1 heterocycles. The fourth-order valence-corrected chi connectivity index (χ4v) is 2.69. The van der Waals surface area contributed by atoms with E-state index in [2.05, 4.69) is 5.32 Å². The summed E-state index contributed by atoms with van der Waals surface area (Å²) in [4.78, 5) is 27.1. The second-order valence-corrected chi connectivity index (χ2v) is 6.85. The third kappa shape index (κ3) is 4.41. The predicted octanol–water partition coefficient (Wildman–Crippen LogP) is 2.16. The predicted molar refractivity (Wildman–Crippen MR) is 90.8 cm³/mol. The Bertz CT molecular complexity index is 663. The Morgan fingerprint density at radius 1 is 1.40 bits per heavy atom. The molecule has 0 radical (unpaired) electrons. The smallest absolute Gasteiger partial charge is 0.318 e. The number of rotatable bonds is 5. The SMILES string of the molecule is CC(NC(=O)N1CCN(C)C(=O)C1)c1ccc(OCC2CC2)c(F)c1. The highest BCUT2D eigenvalue weighted by Crippen LogP contribution is 2.30. The van der Waals surface area contributed by atoms with Gasteiger partial charge in [-0.05, 0) is 43.4 Å². The van der Waals surface area contributed by atoms with Gasteiger partial charge in [-0.25, -0.2) is 9.18 Å². The summed E-state index contributed by atoms with van der Waals surface area (Å²) in [5.74, 6) is 0.300. The second-order valence-electron chi connectivity index (χ2n) is 6.85. The third-order valence-electron chi connectivity index (χ3n) is 4.71. The van der Waals surface area contributed by atoms with Crippen molar-refractivity contribution in [3.8, 4) is 5.75 Å². The summed E-state index contributed by atoms with van der Waals surface area (Å²) >= 11 is 0. The van der Waals surface area contributed by atoms with Crippen molar-refractivity contribution in [1.82, 2.24) is 15.1 Å². The van der Waals surface area contributed by atoms with Gasteiger partial charge in [-0.1, -0.05) is 6.07 Å². The number of nitrogens with zero attached hydrogens (tertiary/aromatic N) is 2. The zero-order chi connectivity index (χ0) is 18.0. The van der Waals surface area contributed by atoms with E-state index < -0.39 is 5.82 Å². The van der Waals surface area contributed by atoms with E-state index in [9.17, 15) is 14.0 Å². The Balaban J connectivity index is 1.56. The number of hydrogen-bond acceptors (Lipinski definition) is 3. The number of carbonyl (C=O) groups is 2. The fourth-order valence-electron chi connectivity index (χ4n) is 2.69. The molecule has 1 aromatic carbocycles. The normalized spacial score (nSPS) is 18.9. The Hall–Kier alpha value is -2.31. The zero-order valence-electron chi connectivity index (χ0n) is 14.6. The Kier molecular flexibility index (Phi) is 5.11. The van der Waals surface area contributed by atoms with E-state index in [4.69, 9.17) is 4.74 Å². The van der Waals surface area contributed by atoms with E-state index in [-0.39, 0.29) is 30.3 Å². The molecule has 6 nitrogen and oxygen atoms in total. The molecule has 1 saturated carbocycles. The van der Waals surface area contributed by atoms with Crippen molar-refractivity contribution in [1.29, 1.82) is 0 Å². The summed E-state index contributed by atoms with van der Waals surface area (Å²) in [6.45, 7) is 3.41. The molecule has 0 aromatic heterocycles. The van der Waals surface area contributed by atoms with Crippen LogP contribution in [0, 0.1) is 11.7 Å². The Morgan fingerprint density at radius 3 is 2.80 bits per heavy atom. The molecule has 2 fully saturated rings. The van der Waals surface area contributed by atoms with Gasteiger partial charge in [0.05, 0.1) is 12.6 Å². The van der Waals surface area contributed by atoms with Crippen molar-refractivity contribution in [3.63, 3.8) is 0 Å². The highest BCUT2D eigenvalue weighted by atomic mass is 19.1. The molecule has 1 aliphatic heterocycles. The summed E-state index contributed by atoms with van der Waals surface area (Å²) in [5.41, 5.74) is 0.657. The van der Waals surface area contributed by atoms with Gasteiger partial charge in [-0.2, -0.15) is 0 Å². The zero-order valence-corrected chi connectivity index (χ0v) is 14.6. The lowest BCUT2D eigenvalue weighted by atomic mass is 10.1. The van der Waals surface area contributed by atoms with E-state index in [1.807, 2.05) is 0 Å². The summed E-state index contributed by atoms with van der Waals surface area (Å²) in [6, 6.07) is 4.07. The lowest BCUT2D eigenvalue weighted by Crippen LogP contribution is -2.53. The van der Waals surface area contributed by atoms with Gasteiger partial charge in [0.15, 0.2) is 11.6 Å². The number of likely N-dealkylation sites (N-methyl/N-ethyl adjacent to an activating group) is 1. The molecule has 25 heavy (non-hydrogen) atoms. The molecular formula is C18H24FN3O3. The second kappa shape index (κ2) is 7.29. The number of urea groups is 1. The lowest BCUT2D eigenvalue weighted by Gasteiger charge is -2.32. The van der Waals surface area contributed by atoms with E-state index in [0.29, 0.717) is 31.2 Å². The molecule has 0 bridgehead atoms. The minimum absolute atomic E-state index is 0.0668. The van der Waals surface area contributed by atoms with Crippen LogP contribution in [0.4, 0.5) is 9.18 Å². The number of benzene rings is 1. The number of amides is 3. The molecule has 3 rings (SSSR count). The summed E-state index contributed by atoms with van der Waals surface area (Å²) in [5, 5.41) is 2.82. The van der Waals surface area contributed by atoms with Crippen LogP contribution in [0.1, 0.15) is 31.4 Å². The van der Waals surface area contributed by atoms with Gasteiger partial charge >= 0.3 is 6.03 Å². The molecule has 1 unspecified atom stereocenters. The molecule has 136 valence electrons. The summed E-state index contributed by atoms with van der Waals surface area (Å²) < 4.78 is 19.7. The minimum atomic E-state index is -0.422. The Morgan fingerprint density at radius 2 is 2.16 bits per heavy atom. The molecule has 3 amide bonds. The van der Waals surface area contributed by atoms with E-state index in [0.717, 1.165) is 12.8 Å². The van der Waals surface area contributed by atoms with Gasteiger partial charge in [0, 0.05) is 20.1 Å². The highest BCUT2D eigenvalue weighted by Gasteiger charge is 2.26. The van der Waals surface area contributed by atoms with Gasteiger partial charge in [0.1, 0.15) is 6.54 Å². The first-order chi connectivity index (χ1) is 11.9. The van der Waals surface area contributed by atoms with Crippen LogP contribution >= 0.6 is 0 Å². The highest BCUT2D eigenvalue weighted by molar-refractivity contribution is 5.85. The van der Waals surface area contributed by atoms with Crippen molar-refractivity contribution in [2.75, 3.05) is 33.3 Å². The lowest BCUT2D eigenvalue weighted by molar-refractivity contribution is -0.133. The number of piperazine rings is 1. The first-order valence-electron chi connectivity index (χ1n) is 8.65. The quantitative estimate of drug-likeness (QED) is 0.886. The first-order valence-corrected chi connectivity index (χ1v) is 8.65. The van der Waals surface area contributed by atoms with Crippen LogP contribution in [0.5, 0.6) is 5.75 Å². The summed E-state index contributed by atoms with van der Waals surface area (Å²) in [7, 11) is 1.72. The van der Waals surface area contributed by atoms with Gasteiger partial charge in [0.2, 0.25) is 5.91 Å². The number of carbonyl (C=O) groups excluding carboxylic acids is 2. The maximum absolute atomic E-state index is 14.2. The monoisotopic (exact) mass is 349 g/mol. The van der Waals surface area contributed by atoms with Crippen molar-refractivity contribution in [2.24, 2.45) is 5.92 Å². The van der Waals surface area contributed by atoms with Crippen LogP contribution in [0.25, 0.3) is 0 Å². The van der Waals surface area contributed by atoms with Gasteiger partial charge in [0.25, 0.3) is 0 Å². The first kappa shape index (κ1) is 17.5. The molecule has 1 N–H and O–H groups in total. The molecule has 1 atom stereocenters. The van der Waals surface area contributed by atoms with Crippen LogP contribution in [-0.2, 0) is 4.79 Å². The van der Waals surface area contributed by atoms with E-state index in [1.165, 1.54) is 11.0 Å². The maximum Gasteiger partial charge on any atom is 0.318 e. The van der Waals surface area contributed by atoms with E-state index >= 15 is 0 Å². The molecule has 1 saturated heterocycles. The van der Waals surface area contributed by atoms with Gasteiger partial charge in [-0.3, -0.25) is 4.79 Å². The minimum Gasteiger partial charge on any atom is -0.490 e. The molecule has 2 aliphatic rings. The average Bonchev–Trinajstić information content (AvgIpc) is 3.40. The van der Waals surface area contributed by atoms with Crippen LogP contribution in [0.15, 0.2) is 18.2 Å². The third-order valence-corrected chi connectivity index (χ3v) is 4.71. The van der Waals surface area contributed by atoms with Crippen molar-refractivity contribution in [3.05, 3.63) is 29.6 Å². The average molecular weight is 349 g/mol. The standard InChI is InChI=1S/C18H24FN3O3/c1-12(20-18(24)22-8-7-21(2)17(23)10-22)14-5-6-16(15(19)9-14)25-11-13-3-4-13/h5-6,9,12-13H,3-4,7-8,10-11H2,1-2H3,(H,20,24). The fraction of sp³-hybridized carbons (Fsp3) is 0.556. The molecular weight excluding hydrogens is 325 g/mol. The van der Waals surface area contributed by atoms with Crippen LogP contribution in [-0.4, -0.2) is 55.0 Å².